The van der Waals surface area contributed by atoms with Crippen LogP contribution in [0.5, 0.6) is 0 Å². The van der Waals surface area contributed by atoms with Crippen LogP contribution in [0.15, 0.2) is 12.1 Å². The van der Waals surface area contributed by atoms with Crippen LogP contribution in [0, 0.1) is 5.82 Å². The van der Waals surface area contributed by atoms with Gasteiger partial charge in [0.1, 0.15) is 5.25 Å². The third-order valence-corrected chi connectivity index (χ3v) is 3.66. The smallest absolute Gasteiger partial charge is 0.215 e. The lowest BCUT2D eigenvalue weighted by Gasteiger charge is -2.12. The summed E-state index contributed by atoms with van der Waals surface area (Å²) in [5, 5.41) is 3.78. The summed E-state index contributed by atoms with van der Waals surface area (Å²) in [5.41, 5.74) is 4.96. The van der Waals surface area contributed by atoms with Crippen molar-refractivity contribution in [3.63, 3.8) is 0 Å². The number of halogens is 2. The van der Waals surface area contributed by atoms with Gasteiger partial charge in [-0.15, -0.1) is 0 Å². The maximum Gasteiger partial charge on any atom is 0.215 e. The first-order valence-corrected chi connectivity index (χ1v) is 5.99. The highest BCUT2D eigenvalue weighted by Gasteiger charge is 2.23. The van der Waals surface area contributed by atoms with Gasteiger partial charge in [0.15, 0.2) is 5.82 Å². The van der Waals surface area contributed by atoms with Crippen molar-refractivity contribution < 1.29 is 12.8 Å². The van der Waals surface area contributed by atoms with E-state index in [1.807, 2.05) is 0 Å². The summed E-state index contributed by atoms with van der Waals surface area (Å²) >= 11 is 5.56. The molecule has 84 valence electrons. The maximum absolute atomic E-state index is 13.5. The van der Waals surface area contributed by atoms with Crippen LogP contribution < -0.4 is 10.9 Å². The van der Waals surface area contributed by atoms with Crippen LogP contribution in [-0.4, -0.2) is 8.42 Å². The topological polar surface area (TPSA) is 86.2 Å². The first kappa shape index (κ1) is 12.2. The van der Waals surface area contributed by atoms with Gasteiger partial charge in [-0.05, 0) is 13.0 Å². The molecule has 0 radical (unpaired) electrons. The first-order chi connectivity index (χ1) is 6.75. The van der Waals surface area contributed by atoms with E-state index in [1.165, 1.54) is 19.1 Å². The highest BCUT2D eigenvalue weighted by atomic mass is 35.5. The Bertz CT molecular complexity index is 490. The van der Waals surface area contributed by atoms with Gasteiger partial charge in [0.05, 0.1) is 10.7 Å². The van der Waals surface area contributed by atoms with Crippen molar-refractivity contribution in [3.05, 3.63) is 28.5 Å². The molecular weight excluding hydrogens is 243 g/mol. The molecule has 1 atom stereocenters. The highest BCUT2D eigenvalue weighted by molar-refractivity contribution is 7.89. The fourth-order valence-electron chi connectivity index (χ4n) is 1.08. The average Bonchev–Trinajstić information content (AvgIpc) is 2.12. The van der Waals surface area contributed by atoms with Crippen LogP contribution in [0.1, 0.15) is 17.7 Å². The van der Waals surface area contributed by atoms with E-state index in [-0.39, 0.29) is 16.3 Å². The molecule has 0 spiro atoms. The lowest BCUT2D eigenvalue weighted by Crippen LogP contribution is -2.20. The summed E-state index contributed by atoms with van der Waals surface area (Å²) in [6.07, 6.45) is 0. The van der Waals surface area contributed by atoms with Gasteiger partial charge in [-0.3, -0.25) is 0 Å². The normalized spacial score (nSPS) is 13.9. The van der Waals surface area contributed by atoms with Crippen LogP contribution in [0.4, 0.5) is 10.1 Å². The fraction of sp³-hybridized carbons (Fsp3) is 0.250. The minimum Gasteiger partial charge on any atom is -0.395 e. The van der Waals surface area contributed by atoms with E-state index >= 15 is 0 Å². The number of nitrogens with two attached hydrogens (primary N) is 2. The number of anilines is 1. The number of rotatable bonds is 2. The summed E-state index contributed by atoms with van der Waals surface area (Å²) in [5.74, 6) is -0.843. The number of hydrogen-bond acceptors (Lipinski definition) is 3. The summed E-state index contributed by atoms with van der Waals surface area (Å²) in [6.45, 7) is 1.28. The average molecular weight is 253 g/mol. The van der Waals surface area contributed by atoms with Gasteiger partial charge >= 0.3 is 0 Å². The monoisotopic (exact) mass is 252 g/mol. The third-order valence-electron chi connectivity index (χ3n) is 2.09. The fourth-order valence-corrected chi connectivity index (χ4v) is 1.76. The second-order valence-corrected chi connectivity index (χ2v) is 5.39. The minimum atomic E-state index is -3.85. The Morgan fingerprint density at radius 2 is 2.00 bits per heavy atom. The Morgan fingerprint density at radius 1 is 1.47 bits per heavy atom. The van der Waals surface area contributed by atoms with E-state index in [0.717, 1.165) is 0 Å². The standard InChI is InChI=1S/C8H10ClFN2O2S/c1-4(15(12,13)14)5-2-3-6(9)8(11)7(5)10/h2-4H,11H2,1H3,(H2,12,13,14). The molecule has 0 bridgehead atoms. The summed E-state index contributed by atoms with van der Waals surface area (Å²) < 4.78 is 35.5. The molecule has 1 aromatic carbocycles. The Labute approximate surface area is 92.1 Å². The molecule has 0 aliphatic rings. The third kappa shape index (κ3) is 2.39. The molecule has 0 aromatic heterocycles. The van der Waals surface area contributed by atoms with Crippen molar-refractivity contribution in [2.75, 3.05) is 5.73 Å². The molecule has 0 fully saturated rings. The van der Waals surface area contributed by atoms with Gasteiger partial charge in [-0.2, -0.15) is 0 Å². The predicted octanol–water partition coefficient (Wildman–Crippen LogP) is 1.41. The summed E-state index contributed by atoms with van der Waals surface area (Å²) in [4.78, 5) is 0. The second kappa shape index (κ2) is 3.96. The van der Waals surface area contributed by atoms with Crippen molar-refractivity contribution in [3.8, 4) is 0 Å². The largest absolute Gasteiger partial charge is 0.395 e. The Hall–Kier alpha value is -0.850. The number of hydrogen-bond donors (Lipinski definition) is 2. The molecule has 4 N–H and O–H groups in total. The van der Waals surface area contributed by atoms with Crippen molar-refractivity contribution >= 4 is 27.3 Å². The lowest BCUT2D eigenvalue weighted by molar-refractivity contribution is 0.576. The number of nitrogen functional groups attached to an aromatic ring is 1. The summed E-state index contributed by atoms with van der Waals surface area (Å²) in [6, 6.07) is 2.58. The van der Waals surface area contributed by atoms with E-state index in [1.54, 1.807) is 0 Å². The molecule has 0 saturated heterocycles. The SMILES string of the molecule is CC(c1ccc(Cl)c(N)c1F)S(N)(=O)=O. The zero-order valence-electron chi connectivity index (χ0n) is 7.87. The number of primary sulfonamides is 1. The van der Waals surface area contributed by atoms with Crippen LogP contribution in [0.2, 0.25) is 5.02 Å². The van der Waals surface area contributed by atoms with Crippen LogP contribution in [-0.2, 0) is 10.0 Å². The Morgan fingerprint density at radius 3 is 2.47 bits per heavy atom. The number of sulfonamides is 1. The minimum absolute atomic E-state index is 0.0397. The van der Waals surface area contributed by atoms with Crippen molar-refractivity contribution in [2.45, 2.75) is 12.2 Å². The van der Waals surface area contributed by atoms with E-state index in [2.05, 4.69) is 0 Å². The quantitative estimate of drug-likeness (QED) is 0.781. The van der Waals surface area contributed by atoms with Crippen LogP contribution in [0.25, 0.3) is 0 Å². The molecule has 0 saturated carbocycles. The molecule has 0 aliphatic carbocycles. The van der Waals surface area contributed by atoms with Crippen molar-refractivity contribution in [1.82, 2.24) is 0 Å². The molecule has 0 aliphatic heterocycles. The molecule has 0 heterocycles. The molecule has 1 unspecified atom stereocenters. The van der Waals surface area contributed by atoms with Gasteiger partial charge in [0, 0.05) is 5.56 Å². The van der Waals surface area contributed by atoms with E-state index in [9.17, 15) is 12.8 Å². The predicted molar refractivity (Wildman–Crippen MR) is 57.3 cm³/mol. The molecule has 1 aromatic rings. The van der Waals surface area contributed by atoms with E-state index in [0.29, 0.717) is 0 Å². The van der Waals surface area contributed by atoms with Gasteiger partial charge in [-0.25, -0.2) is 17.9 Å². The molecule has 15 heavy (non-hydrogen) atoms. The van der Waals surface area contributed by atoms with E-state index in [4.69, 9.17) is 22.5 Å². The Balaban J connectivity index is 3.35. The lowest BCUT2D eigenvalue weighted by atomic mass is 10.1. The zero-order chi connectivity index (χ0) is 11.8. The van der Waals surface area contributed by atoms with Gasteiger partial charge in [0.2, 0.25) is 10.0 Å². The van der Waals surface area contributed by atoms with Gasteiger partial charge in [0.25, 0.3) is 0 Å². The second-order valence-electron chi connectivity index (χ2n) is 3.10. The van der Waals surface area contributed by atoms with Crippen LogP contribution >= 0.6 is 11.6 Å². The molecule has 1 rings (SSSR count). The van der Waals surface area contributed by atoms with Crippen LogP contribution in [0.3, 0.4) is 0 Å². The molecule has 4 nitrogen and oxygen atoms in total. The summed E-state index contributed by atoms with van der Waals surface area (Å²) in [7, 11) is -3.85. The zero-order valence-corrected chi connectivity index (χ0v) is 9.44. The van der Waals surface area contributed by atoms with Crippen molar-refractivity contribution in [2.24, 2.45) is 5.14 Å². The maximum atomic E-state index is 13.5. The molecule has 0 amide bonds. The Kier molecular flexibility index (Phi) is 3.22. The molecule has 7 heteroatoms. The van der Waals surface area contributed by atoms with Crippen molar-refractivity contribution in [1.29, 1.82) is 0 Å². The van der Waals surface area contributed by atoms with E-state index < -0.39 is 21.1 Å². The molecular formula is C8H10ClFN2O2S. The first-order valence-electron chi connectivity index (χ1n) is 4.00. The highest BCUT2D eigenvalue weighted by Crippen LogP contribution is 2.30. The van der Waals surface area contributed by atoms with Gasteiger partial charge in [-0.1, -0.05) is 17.7 Å². The number of benzene rings is 1. The van der Waals surface area contributed by atoms with Gasteiger partial charge < -0.3 is 5.73 Å².